The highest BCUT2D eigenvalue weighted by Gasteiger charge is 2.19. The summed E-state index contributed by atoms with van der Waals surface area (Å²) in [5.41, 5.74) is 0.824. The summed E-state index contributed by atoms with van der Waals surface area (Å²) >= 11 is 1.32. The van der Waals surface area contributed by atoms with Crippen LogP contribution in [-0.4, -0.2) is 29.7 Å². The van der Waals surface area contributed by atoms with Gasteiger partial charge in [-0.3, -0.25) is 19.8 Å². The molecular formula is C16H13N2O3S. The van der Waals surface area contributed by atoms with Gasteiger partial charge in [0.1, 0.15) is 0 Å². The van der Waals surface area contributed by atoms with Crippen molar-refractivity contribution in [3.63, 3.8) is 0 Å². The van der Waals surface area contributed by atoms with Crippen molar-refractivity contribution in [1.82, 2.24) is 4.90 Å². The Labute approximate surface area is 131 Å². The highest BCUT2D eigenvalue weighted by Crippen LogP contribution is 2.15. The number of carbonyl (C=O) groups excluding carboxylic acids is 3. The third-order valence-electron chi connectivity index (χ3n) is 2.70. The molecule has 0 bridgehead atoms. The Hall–Kier alpha value is -2.73. The van der Waals surface area contributed by atoms with Gasteiger partial charge in [0.05, 0.1) is 11.5 Å². The lowest BCUT2D eigenvalue weighted by Gasteiger charge is -2.16. The van der Waals surface area contributed by atoms with Gasteiger partial charge in [0.25, 0.3) is 5.91 Å². The van der Waals surface area contributed by atoms with Crippen LogP contribution in [0, 0.1) is 0 Å². The number of amides is 3. The van der Waals surface area contributed by atoms with Crippen molar-refractivity contribution < 1.29 is 14.4 Å². The third-order valence-corrected chi connectivity index (χ3v) is 3.49. The normalized spacial score (nSPS) is 10.4. The summed E-state index contributed by atoms with van der Waals surface area (Å²) in [6.07, 6.45) is 4.40. The minimum absolute atomic E-state index is 0.421. The summed E-state index contributed by atoms with van der Waals surface area (Å²) in [4.78, 5) is 35.5. The van der Waals surface area contributed by atoms with Gasteiger partial charge >= 0.3 is 6.03 Å². The molecule has 0 aliphatic rings. The van der Waals surface area contributed by atoms with Crippen molar-refractivity contribution in [2.75, 3.05) is 11.9 Å². The molecular weight excluding hydrogens is 300 g/mol. The zero-order valence-electron chi connectivity index (χ0n) is 11.6. The Morgan fingerprint density at radius 2 is 1.95 bits per heavy atom. The summed E-state index contributed by atoms with van der Waals surface area (Å²) in [6, 6.07) is 12.0. The minimum atomic E-state index is -0.659. The molecule has 0 fully saturated rings. The summed E-state index contributed by atoms with van der Waals surface area (Å²) < 4.78 is 0. The number of rotatable bonds is 5. The highest BCUT2D eigenvalue weighted by atomic mass is 32.1. The Kier molecular flexibility index (Phi) is 5.62. The monoisotopic (exact) mass is 313 g/mol. The molecule has 111 valence electrons. The van der Waals surface area contributed by atoms with Crippen molar-refractivity contribution in [2.24, 2.45) is 0 Å². The van der Waals surface area contributed by atoms with Crippen molar-refractivity contribution in [1.29, 1.82) is 0 Å². The fraction of sp³-hybridized carbons (Fsp3) is 0.0625. The predicted molar refractivity (Wildman–Crippen MR) is 86.2 cm³/mol. The number of anilines is 1. The second-order valence-corrected chi connectivity index (χ2v) is 5.17. The first-order chi connectivity index (χ1) is 10.7. The summed E-state index contributed by atoms with van der Waals surface area (Å²) in [7, 11) is 0. The van der Waals surface area contributed by atoms with Crippen molar-refractivity contribution in [2.45, 2.75) is 0 Å². The molecule has 0 saturated carbocycles. The van der Waals surface area contributed by atoms with Gasteiger partial charge in [-0.25, -0.2) is 4.79 Å². The maximum Gasteiger partial charge on any atom is 0.329 e. The van der Waals surface area contributed by atoms with Crippen LogP contribution >= 0.6 is 11.3 Å². The Balaban J connectivity index is 2.06. The van der Waals surface area contributed by atoms with E-state index in [0.29, 0.717) is 5.00 Å². The standard InChI is InChI=1S/C16H13N2O3S/c19-11-10-18(16(21)17-14-7-4-12-22-14)15(20)9-8-13-5-2-1-3-6-13/h1-9,12H,10H2,(H,17,21). The lowest BCUT2D eigenvalue weighted by molar-refractivity contribution is -0.122. The number of thiophene rings is 1. The van der Waals surface area contributed by atoms with E-state index in [9.17, 15) is 14.4 Å². The number of nitrogens with one attached hydrogen (secondary N) is 1. The lowest BCUT2D eigenvalue weighted by Crippen LogP contribution is -2.40. The molecule has 2 aromatic rings. The molecule has 0 aliphatic carbocycles. The smallest absolute Gasteiger partial charge is 0.299 e. The first-order valence-electron chi connectivity index (χ1n) is 6.45. The van der Waals surface area contributed by atoms with Gasteiger partial charge in [-0.1, -0.05) is 30.3 Å². The molecule has 0 saturated heterocycles. The number of hydrogen-bond acceptors (Lipinski definition) is 4. The van der Waals surface area contributed by atoms with Crippen LogP contribution in [0.15, 0.2) is 53.9 Å². The van der Waals surface area contributed by atoms with E-state index in [4.69, 9.17) is 0 Å². The van der Waals surface area contributed by atoms with E-state index in [-0.39, 0.29) is 0 Å². The molecule has 1 aromatic heterocycles. The molecule has 1 radical (unpaired) electrons. The Bertz CT molecular complexity index is 666. The molecule has 1 aromatic carbocycles. The summed E-state index contributed by atoms with van der Waals surface area (Å²) in [5, 5.41) is 4.95. The number of hydrogen-bond donors (Lipinski definition) is 1. The first-order valence-corrected chi connectivity index (χ1v) is 7.33. The molecule has 0 unspecified atom stereocenters. The Morgan fingerprint density at radius 3 is 2.59 bits per heavy atom. The molecule has 1 heterocycles. The van der Waals surface area contributed by atoms with Crippen molar-refractivity contribution in [3.8, 4) is 0 Å². The van der Waals surface area contributed by atoms with Crippen LogP contribution in [0.2, 0.25) is 0 Å². The first kappa shape index (κ1) is 15.7. The maximum absolute atomic E-state index is 12.1. The minimum Gasteiger partial charge on any atom is -0.299 e. The molecule has 0 aliphatic heterocycles. The van der Waals surface area contributed by atoms with Crippen LogP contribution in [0.25, 0.3) is 6.08 Å². The van der Waals surface area contributed by atoms with Crippen LogP contribution in [0.5, 0.6) is 0 Å². The van der Waals surface area contributed by atoms with Crippen LogP contribution < -0.4 is 5.32 Å². The van der Waals surface area contributed by atoms with E-state index in [1.165, 1.54) is 17.4 Å². The highest BCUT2D eigenvalue weighted by molar-refractivity contribution is 7.14. The zero-order valence-corrected chi connectivity index (χ0v) is 12.4. The van der Waals surface area contributed by atoms with E-state index in [0.717, 1.165) is 10.5 Å². The van der Waals surface area contributed by atoms with Gasteiger partial charge in [0.2, 0.25) is 6.29 Å². The number of nitrogens with zero attached hydrogens (tertiary/aromatic N) is 1. The quantitative estimate of drug-likeness (QED) is 0.863. The van der Waals surface area contributed by atoms with Gasteiger partial charge in [-0.05, 0) is 29.2 Å². The topological polar surface area (TPSA) is 66.5 Å². The molecule has 2 rings (SSSR count). The average Bonchev–Trinajstić information content (AvgIpc) is 3.04. The molecule has 0 spiro atoms. The maximum atomic E-state index is 12.1. The van der Waals surface area contributed by atoms with E-state index in [1.807, 2.05) is 30.3 Å². The fourth-order valence-electron chi connectivity index (χ4n) is 1.66. The fourth-order valence-corrected chi connectivity index (χ4v) is 2.27. The van der Waals surface area contributed by atoms with Gasteiger partial charge in [-0.2, -0.15) is 0 Å². The molecule has 1 N–H and O–H groups in total. The average molecular weight is 313 g/mol. The lowest BCUT2D eigenvalue weighted by atomic mass is 10.2. The van der Waals surface area contributed by atoms with Gasteiger partial charge in [0, 0.05) is 6.08 Å². The van der Waals surface area contributed by atoms with Crippen molar-refractivity contribution in [3.05, 3.63) is 59.5 Å². The summed E-state index contributed by atoms with van der Waals surface area (Å²) in [5.74, 6) is -0.582. The van der Waals surface area contributed by atoms with Gasteiger partial charge in [-0.15, -0.1) is 11.3 Å². The largest absolute Gasteiger partial charge is 0.329 e. The van der Waals surface area contributed by atoms with Crippen LogP contribution in [0.3, 0.4) is 0 Å². The SMILES string of the molecule is O=[C]CN(C(=O)C=Cc1ccccc1)C(=O)Nc1cccs1. The van der Waals surface area contributed by atoms with Crippen LogP contribution in [0.1, 0.15) is 5.56 Å². The molecule has 3 amide bonds. The van der Waals surface area contributed by atoms with Crippen LogP contribution in [0.4, 0.5) is 9.80 Å². The molecule has 22 heavy (non-hydrogen) atoms. The second kappa shape index (κ2) is 7.90. The number of benzene rings is 1. The number of carbonyl (C=O) groups is 2. The Morgan fingerprint density at radius 1 is 1.18 bits per heavy atom. The van der Waals surface area contributed by atoms with E-state index in [1.54, 1.807) is 29.9 Å². The van der Waals surface area contributed by atoms with Crippen molar-refractivity contribution >= 4 is 40.6 Å². The molecule has 0 atom stereocenters. The van der Waals surface area contributed by atoms with E-state index >= 15 is 0 Å². The third kappa shape index (κ3) is 4.39. The van der Waals surface area contributed by atoms with E-state index in [2.05, 4.69) is 5.32 Å². The zero-order chi connectivity index (χ0) is 15.8. The van der Waals surface area contributed by atoms with Crippen LogP contribution in [-0.2, 0) is 9.59 Å². The summed E-state index contributed by atoms with van der Waals surface area (Å²) in [6.45, 7) is -0.421. The number of imide groups is 1. The predicted octanol–water partition coefficient (Wildman–Crippen LogP) is 2.93. The number of urea groups is 1. The molecule has 6 heteroatoms. The van der Waals surface area contributed by atoms with Gasteiger partial charge < -0.3 is 0 Å². The van der Waals surface area contributed by atoms with E-state index < -0.39 is 18.5 Å². The van der Waals surface area contributed by atoms with Gasteiger partial charge in [0.15, 0.2) is 0 Å². The second-order valence-electron chi connectivity index (χ2n) is 4.22. The molecule has 5 nitrogen and oxygen atoms in total.